The smallest absolute Gasteiger partial charge is 0.332 e. The SMILES string of the molecule is COCOc1ccc(C(=O)F)cc1-c1cc(C(CO)(CO)C(=O)OC)ccc1OCc1ccccc1. The van der Waals surface area contributed by atoms with E-state index in [0.29, 0.717) is 11.3 Å². The van der Waals surface area contributed by atoms with Crippen molar-refractivity contribution in [3.63, 3.8) is 0 Å². The van der Waals surface area contributed by atoms with Crippen LogP contribution >= 0.6 is 0 Å². The summed E-state index contributed by atoms with van der Waals surface area (Å²) in [6.45, 7) is -1.42. The summed E-state index contributed by atoms with van der Waals surface area (Å²) >= 11 is 0. The summed E-state index contributed by atoms with van der Waals surface area (Å²) in [5.41, 5.74) is -0.301. The number of carbonyl (C=O) groups excluding carboxylic acids is 2. The lowest BCUT2D eigenvalue weighted by Gasteiger charge is -2.28. The number of esters is 1. The Morgan fingerprint density at radius 3 is 2.11 bits per heavy atom. The maximum absolute atomic E-state index is 13.6. The van der Waals surface area contributed by atoms with Gasteiger partial charge in [0.1, 0.15) is 23.5 Å². The number of ether oxygens (including phenoxy) is 4. The van der Waals surface area contributed by atoms with Gasteiger partial charge in [-0.3, -0.25) is 9.59 Å². The molecule has 0 bridgehead atoms. The molecule has 0 unspecified atom stereocenters. The van der Waals surface area contributed by atoms with Crippen molar-refractivity contribution in [2.75, 3.05) is 34.2 Å². The highest BCUT2D eigenvalue weighted by Crippen LogP contribution is 2.41. The topological polar surface area (TPSA) is 112 Å². The summed E-state index contributed by atoms with van der Waals surface area (Å²) in [6, 6.07) is 16.3. The van der Waals surface area contributed by atoms with Gasteiger partial charge in [0.05, 0.1) is 25.9 Å². The second-order valence-electron chi connectivity index (χ2n) is 7.91. The van der Waals surface area contributed by atoms with Crippen molar-refractivity contribution in [2.24, 2.45) is 0 Å². The normalized spacial score (nSPS) is 11.1. The third-order valence-corrected chi connectivity index (χ3v) is 5.71. The van der Waals surface area contributed by atoms with Crippen LogP contribution in [0.4, 0.5) is 4.39 Å². The van der Waals surface area contributed by atoms with Crippen molar-refractivity contribution < 1.29 is 43.1 Å². The first-order chi connectivity index (χ1) is 17.4. The number of aliphatic hydroxyl groups is 2. The molecule has 3 rings (SSSR count). The van der Waals surface area contributed by atoms with Gasteiger partial charge in [-0.05, 0) is 41.5 Å². The Kier molecular flexibility index (Phi) is 9.13. The van der Waals surface area contributed by atoms with Crippen LogP contribution < -0.4 is 9.47 Å². The number of methoxy groups -OCH3 is 2. The summed E-state index contributed by atoms with van der Waals surface area (Å²) in [7, 11) is 2.58. The van der Waals surface area contributed by atoms with E-state index in [2.05, 4.69) is 0 Å². The van der Waals surface area contributed by atoms with E-state index in [1.807, 2.05) is 30.3 Å². The molecule has 0 fully saturated rings. The zero-order valence-electron chi connectivity index (χ0n) is 19.9. The molecule has 8 nitrogen and oxygen atoms in total. The van der Waals surface area contributed by atoms with E-state index in [0.717, 1.165) is 12.7 Å². The van der Waals surface area contributed by atoms with Crippen molar-refractivity contribution in [1.82, 2.24) is 0 Å². The van der Waals surface area contributed by atoms with Gasteiger partial charge in [-0.1, -0.05) is 36.4 Å². The maximum atomic E-state index is 13.6. The standard InChI is InChI=1S/C27H27FO8/c1-33-17-36-24-10-8-19(25(28)31)12-21(24)22-13-20(27(15-29,16-30)26(32)34-2)9-11-23(22)35-14-18-6-4-3-5-7-18/h3-13,29-30H,14-17H2,1-2H3. The summed E-state index contributed by atoms with van der Waals surface area (Å²) < 4.78 is 35.2. The fraction of sp³-hybridized carbons (Fsp3) is 0.259. The first-order valence-electron chi connectivity index (χ1n) is 11.0. The molecule has 9 heteroatoms. The molecule has 190 valence electrons. The van der Waals surface area contributed by atoms with E-state index >= 15 is 0 Å². The second-order valence-corrected chi connectivity index (χ2v) is 7.91. The molecular weight excluding hydrogens is 471 g/mol. The largest absolute Gasteiger partial charge is 0.488 e. The predicted molar refractivity (Wildman–Crippen MR) is 128 cm³/mol. The van der Waals surface area contributed by atoms with Crippen LogP contribution in [-0.4, -0.2) is 56.4 Å². The Hall–Kier alpha value is -3.79. The fourth-order valence-corrected chi connectivity index (χ4v) is 3.69. The van der Waals surface area contributed by atoms with E-state index in [4.69, 9.17) is 18.9 Å². The van der Waals surface area contributed by atoms with Gasteiger partial charge in [0.25, 0.3) is 0 Å². The van der Waals surface area contributed by atoms with Gasteiger partial charge in [0, 0.05) is 18.2 Å². The van der Waals surface area contributed by atoms with Gasteiger partial charge in [-0.15, -0.1) is 0 Å². The number of rotatable bonds is 12. The summed E-state index contributed by atoms with van der Waals surface area (Å²) in [5.74, 6) is -0.275. The molecule has 3 aromatic rings. The Morgan fingerprint density at radius 1 is 0.861 bits per heavy atom. The van der Waals surface area contributed by atoms with Crippen LogP contribution in [0.2, 0.25) is 0 Å². The minimum atomic E-state index is -1.78. The van der Waals surface area contributed by atoms with Crippen molar-refractivity contribution in [1.29, 1.82) is 0 Å². The molecule has 0 saturated carbocycles. The second kappa shape index (κ2) is 12.3. The Morgan fingerprint density at radius 2 is 1.50 bits per heavy atom. The quantitative estimate of drug-likeness (QED) is 0.222. The van der Waals surface area contributed by atoms with Crippen molar-refractivity contribution in [3.8, 4) is 22.6 Å². The molecule has 3 aromatic carbocycles. The number of halogens is 1. The number of benzene rings is 3. The number of hydrogen-bond donors (Lipinski definition) is 2. The van der Waals surface area contributed by atoms with Crippen LogP contribution in [0.25, 0.3) is 11.1 Å². The highest BCUT2D eigenvalue weighted by Gasteiger charge is 2.41. The van der Waals surface area contributed by atoms with Crippen LogP contribution in [0.3, 0.4) is 0 Å². The van der Waals surface area contributed by atoms with E-state index in [9.17, 15) is 24.2 Å². The highest BCUT2D eigenvalue weighted by molar-refractivity contribution is 5.92. The van der Waals surface area contributed by atoms with Gasteiger partial charge in [-0.25, -0.2) is 0 Å². The van der Waals surface area contributed by atoms with Crippen molar-refractivity contribution in [2.45, 2.75) is 12.0 Å². The molecule has 0 amide bonds. The van der Waals surface area contributed by atoms with Gasteiger partial charge >= 0.3 is 12.0 Å². The Bertz CT molecular complexity index is 1190. The van der Waals surface area contributed by atoms with Gasteiger partial charge < -0.3 is 29.2 Å². The average Bonchev–Trinajstić information content (AvgIpc) is 2.92. The highest BCUT2D eigenvalue weighted by atomic mass is 19.1. The monoisotopic (exact) mass is 498 g/mol. The van der Waals surface area contributed by atoms with Gasteiger partial charge in [0.15, 0.2) is 6.79 Å². The van der Waals surface area contributed by atoms with E-state index in [1.165, 1.54) is 37.4 Å². The van der Waals surface area contributed by atoms with Crippen LogP contribution in [0.1, 0.15) is 21.5 Å². The lowest BCUT2D eigenvalue weighted by molar-refractivity contribution is -0.151. The number of aliphatic hydroxyl groups excluding tert-OH is 2. The first-order valence-corrected chi connectivity index (χ1v) is 11.0. The summed E-state index contributed by atoms with van der Waals surface area (Å²) in [5, 5.41) is 20.1. The van der Waals surface area contributed by atoms with Crippen LogP contribution in [0.5, 0.6) is 11.5 Å². The lowest BCUT2D eigenvalue weighted by atomic mass is 9.80. The average molecular weight is 499 g/mol. The van der Waals surface area contributed by atoms with E-state index in [1.54, 1.807) is 6.07 Å². The summed E-state index contributed by atoms with van der Waals surface area (Å²) in [6.07, 6.45) is 0. The van der Waals surface area contributed by atoms with Crippen LogP contribution in [0, 0.1) is 0 Å². The molecule has 2 N–H and O–H groups in total. The molecule has 0 aliphatic heterocycles. The molecule has 0 heterocycles. The van der Waals surface area contributed by atoms with E-state index in [-0.39, 0.29) is 35.8 Å². The molecule has 36 heavy (non-hydrogen) atoms. The zero-order chi connectivity index (χ0) is 26.1. The van der Waals surface area contributed by atoms with E-state index < -0.39 is 30.6 Å². The molecule has 0 saturated heterocycles. The first kappa shape index (κ1) is 26.8. The number of hydrogen-bond acceptors (Lipinski definition) is 8. The van der Waals surface area contributed by atoms with Crippen LogP contribution in [0.15, 0.2) is 66.7 Å². The van der Waals surface area contributed by atoms with Crippen molar-refractivity contribution in [3.05, 3.63) is 83.4 Å². The summed E-state index contributed by atoms with van der Waals surface area (Å²) in [4.78, 5) is 24.1. The molecule has 0 spiro atoms. The fourth-order valence-electron chi connectivity index (χ4n) is 3.69. The molecule has 0 aliphatic rings. The number of carbonyl (C=O) groups is 2. The van der Waals surface area contributed by atoms with Crippen LogP contribution in [-0.2, 0) is 26.3 Å². The third kappa shape index (κ3) is 5.71. The molecular formula is C27H27FO8. The minimum Gasteiger partial charge on any atom is -0.488 e. The Labute approximate surface area is 207 Å². The van der Waals surface area contributed by atoms with Gasteiger partial charge in [0.2, 0.25) is 0 Å². The third-order valence-electron chi connectivity index (χ3n) is 5.71. The predicted octanol–water partition coefficient (Wildman–Crippen LogP) is 3.42. The molecule has 0 aromatic heterocycles. The van der Waals surface area contributed by atoms with Gasteiger partial charge in [-0.2, -0.15) is 4.39 Å². The van der Waals surface area contributed by atoms with Crippen molar-refractivity contribution >= 4 is 12.0 Å². The molecule has 0 radical (unpaired) electrons. The molecule has 0 atom stereocenters. The molecule has 0 aliphatic carbocycles. The Balaban J connectivity index is 2.22. The minimum absolute atomic E-state index is 0.130. The maximum Gasteiger partial charge on any atom is 0.332 e. The lowest BCUT2D eigenvalue weighted by Crippen LogP contribution is -2.44. The zero-order valence-corrected chi connectivity index (χ0v) is 19.9.